The number of piperidine rings is 1. The van der Waals surface area contributed by atoms with E-state index in [9.17, 15) is 4.79 Å². The van der Waals surface area contributed by atoms with Crippen LogP contribution in [0.5, 0.6) is 0 Å². The second-order valence-electron chi connectivity index (χ2n) is 6.54. The number of furan rings is 1. The van der Waals surface area contributed by atoms with E-state index in [1.54, 1.807) is 6.26 Å². The molecule has 1 N–H and O–H groups in total. The molecule has 3 heterocycles. The van der Waals surface area contributed by atoms with Gasteiger partial charge in [-0.15, -0.1) is 0 Å². The molecular formula is C19H21NO3. The van der Waals surface area contributed by atoms with Crippen molar-refractivity contribution in [3.8, 4) is 11.3 Å². The Bertz CT molecular complexity index is 677. The zero-order chi connectivity index (χ0) is 15.8. The van der Waals surface area contributed by atoms with Gasteiger partial charge in [0, 0.05) is 23.6 Å². The fourth-order valence-corrected chi connectivity index (χ4v) is 4.20. The van der Waals surface area contributed by atoms with Gasteiger partial charge in [0.25, 0.3) is 0 Å². The van der Waals surface area contributed by atoms with Crippen molar-refractivity contribution in [1.82, 2.24) is 5.32 Å². The van der Waals surface area contributed by atoms with Gasteiger partial charge >= 0.3 is 5.97 Å². The Morgan fingerprint density at radius 3 is 2.74 bits per heavy atom. The number of rotatable bonds is 3. The molecule has 4 unspecified atom stereocenters. The van der Waals surface area contributed by atoms with Crippen LogP contribution in [0.15, 0.2) is 47.1 Å². The highest BCUT2D eigenvalue weighted by molar-refractivity contribution is 5.75. The van der Waals surface area contributed by atoms with Crippen LogP contribution in [0.25, 0.3) is 11.3 Å². The Kier molecular flexibility index (Phi) is 3.69. The van der Waals surface area contributed by atoms with Crippen LogP contribution in [-0.2, 0) is 9.53 Å². The van der Waals surface area contributed by atoms with Gasteiger partial charge < -0.3 is 14.5 Å². The van der Waals surface area contributed by atoms with Crippen molar-refractivity contribution in [2.75, 3.05) is 7.11 Å². The largest absolute Gasteiger partial charge is 0.469 e. The molecule has 4 rings (SSSR count). The first-order chi connectivity index (χ1) is 11.3. The average Bonchev–Trinajstić information content (AvgIpc) is 3.25. The maximum Gasteiger partial charge on any atom is 0.310 e. The molecule has 1 aromatic carbocycles. The Labute approximate surface area is 135 Å². The van der Waals surface area contributed by atoms with Crippen LogP contribution in [0.4, 0.5) is 0 Å². The lowest BCUT2D eigenvalue weighted by molar-refractivity contribution is -0.148. The van der Waals surface area contributed by atoms with Gasteiger partial charge in [-0.2, -0.15) is 0 Å². The molecule has 0 aliphatic carbocycles. The summed E-state index contributed by atoms with van der Waals surface area (Å²) in [4.78, 5) is 12.3. The second kappa shape index (κ2) is 5.85. The van der Waals surface area contributed by atoms with E-state index in [2.05, 4.69) is 29.6 Å². The minimum atomic E-state index is -0.0945. The third kappa shape index (κ3) is 2.57. The number of ether oxygens (including phenoxy) is 1. The molecule has 4 atom stereocenters. The number of fused-ring (bicyclic) bond motifs is 2. The number of nitrogens with one attached hydrogen (secondary N) is 1. The highest BCUT2D eigenvalue weighted by Crippen LogP contribution is 2.42. The van der Waals surface area contributed by atoms with Crippen LogP contribution in [-0.4, -0.2) is 25.2 Å². The van der Waals surface area contributed by atoms with Gasteiger partial charge in [-0.3, -0.25) is 4.79 Å². The summed E-state index contributed by atoms with van der Waals surface area (Å²) in [5, 5.41) is 3.57. The Balaban J connectivity index is 1.63. The van der Waals surface area contributed by atoms with E-state index < -0.39 is 0 Å². The number of carbonyl (C=O) groups is 1. The number of hydrogen-bond donors (Lipinski definition) is 1. The first-order valence-corrected chi connectivity index (χ1v) is 8.24. The average molecular weight is 311 g/mol. The lowest BCUT2D eigenvalue weighted by Gasteiger charge is -2.36. The number of esters is 1. The Morgan fingerprint density at radius 2 is 2.04 bits per heavy atom. The van der Waals surface area contributed by atoms with Gasteiger partial charge in [0.15, 0.2) is 0 Å². The fraction of sp³-hybridized carbons (Fsp3) is 0.421. The van der Waals surface area contributed by atoms with Crippen molar-refractivity contribution in [3.05, 3.63) is 48.2 Å². The van der Waals surface area contributed by atoms with Crippen molar-refractivity contribution in [2.45, 2.75) is 37.3 Å². The summed E-state index contributed by atoms with van der Waals surface area (Å²) in [5.74, 6) is 0.912. The third-order valence-corrected chi connectivity index (χ3v) is 5.30. The van der Waals surface area contributed by atoms with Gasteiger partial charge in [0.2, 0.25) is 0 Å². The van der Waals surface area contributed by atoms with E-state index in [0.29, 0.717) is 6.04 Å². The molecule has 23 heavy (non-hydrogen) atoms. The topological polar surface area (TPSA) is 51.5 Å². The number of benzene rings is 1. The third-order valence-electron chi connectivity index (χ3n) is 5.30. The quantitative estimate of drug-likeness (QED) is 0.883. The zero-order valence-electron chi connectivity index (χ0n) is 13.2. The maximum absolute atomic E-state index is 12.3. The lowest BCUT2D eigenvalue weighted by atomic mass is 9.77. The van der Waals surface area contributed by atoms with Crippen molar-refractivity contribution < 1.29 is 13.9 Å². The fourth-order valence-electron chi connectivity index (χ4n) is 4.20. The van der Waals surface area contributed by atoms with Crippen LogP contribution in [0.1, 0.15) is 30.7 Å². The predicted octanol–water partition coefficient (Wildman–Crippen LogP) is 3.34. The van der Waals surface area contributed by atoms with E-state index in [1.165, 1.54) is 12.7 Å². The summed E-state index contributed by atoms with van der Waals surface area (Å²) < 4.78 is 10.5. The first kappa shape index (κ1) is 14.5. The number of carbonyl (C=O) groups excluding carboxylic acids is 1. The van der Waals surface area contributed by atoms with Crippen molar-refractivity contribution >= 4 is 5.97 Å². The molecular weight excluding hydrogens is 290 g/mol. The molecule has 2 aliphatic heterocycles. The van der Waals surface area contributed by atoms with Gasteiger partial charge in [0.1, 0.15) is 5.76 Å². The number of hydrogen-bond acceptors (Lipinski definition) is 4. The molecule has 0 spiro atoms. The van der Waals surface area contributed by atoms with Crippen LogP contribution in [0.3, 0.4) is 0 Å². The van der Waals surface area contributed by atoms with Gasteiger partial charge in [0.05, 0.1) is 19.3 Å². The van der Waals surface area contributed by atoms with Crippen LogP contribution < -0.4 is 5.32 Å². The summed E-state index contributed by atoms with van der Waals surface area (Å²) in [5.41, 5.74) is 2.28. The molecule has 1 aromatic heterocycles. The first-order valence-electron chi connectivity index (χ1n) is 8.24. The van der Waals surface area contributed by atoms with E-state index in [0.717, 1.165) is 30.6 Å². The molecule has 0 saturated carbocycles. The smallest absolute Gasteiger partial charge is 0.310 e. The second-order valence-corrected chi connectivity index (χ2v) is 6.54. The molecule has 4 heteroatoms. The molecule has 2 fully saturated rings. The highest BCUT2D eigenvalue weighted by Gasteiger charge is 2.46. The summed E-state index contributed by atoms with van der Waals surface area (Å²) in [6, 6.07) is 13.0. The summed E-state index contributed by atoms with van der Waals surface area (Å²) >= 11 is 0. The van der Waals surface area contributed by atoms with Crippen molar-refractivity contribution in [1.29, 1.82) is 0 Å². The van der Waals surface area contributed by atoms with Gasteiger partial charge in [-0.05, 0) is 37.0 Å². The molecule has 120 valence electrons. The summed E-state index contributed by atoms with van der Waals surface area (Å²) in [6.45, 7) is 0. The minimum Gasteiger partial charge on any atom is -0.469 e. The Hall–Kier alpha value is -2.07. The predicted molar refractivity (Wildman–Crippen MR) is 87.0 cm³/mol. The van der Waals surface area contributed by atoms with E-state index in [4.69, 9.17) is 9.15 Å². The Morgan fingerprint density at radius 1 is 1.22 bits per heavy atom. The number of methoxy groups -OCH3 is 1. The molecule has 2 aliphatic rings. The minimum absolute atomic E-state index is 0.0896. The van der Waals surface area contributed by atoms with Crippen LogP contribution in [0, 0.1) is 5.92 Å². The molecule has 0 radical (unpaired) electrons. The van der Waals surface area contributed by atoms with Crippen molar-refractivity contribution in [2.24, 2.45) is 5.92 Å². The van der Waals surface area contributed by atoms with Gasteiger partial charge in [-0.25, -0.2) is 0 Å². The summed E-state index contributed by atoms with van der Waals surface area (Å²) in [7, 11) is 1.49. The normalized spacial score (nSPS) is 29.4. The lowest BCUT2D eigenvalue weighted by Crippen LogP contribution is -2.48. The maximum atomic E-state index is 12.3. The zero-order valence-corrected chi connectivity index (χ0v) is 13.2. The SMILES string of the molecule is COC(=O)C1C2CCC(CC1c1ccc(-c3ccco3)cc1)N2. The summed E-state index contributed by atoms with van der Waals surface area (Å²) in [6.07, 6.45) is 4.89. The van der Waals surface area contributed by atoms with Gasteiger partial charge in [-0.1, -0.05) is 24.3 Å². The monoisotopic (exact) mass is 311 g/mol. The van der Waals surface area contributed by atoms with Crippen LogP contribution >= 0.6 is 0 Å². The molecule has 4 nitrogen and oxygen atoms in total. The molecule has 0 amide bonds. The van der Waals surface area contributed by atoms with E-state index in [-0.39, 0.29) is 23.8 Å². The standard InChI is InChI=1S/C19H21NO3/c1-22-19(21)18-15(11-14-8-9-16(18)20-14)12-4-6-13(7-5-12)17-3-2-10-23-17/h2-7,10,14-16,18,20H,8-9,11H2,1H3. The van der Waals surface area contributed by atoms with E-state index in [1.807, 2.05) is 12.1 Å². The van der Waals surface area contributed by atoms with Crippen LogP contribution in [0.2, 0.25) is 0 Å². The molecule has 2 bridgehead atoms. The molecule has 2 saturated heterocycles. The highest BCUT2D eigenvalue weighted by atomic mass is 16.5. The molecule has 2 aromatic rings. The van der Waals surface area contributed by atoms with E-state index >= 15 is 0 Å². The van der Waals surface area contributed by atoms with Crippen molar-refractivity contribution in [3.63, 3.8) is 0 Å².